The lowest BCUT2D eigenvalue weighted by atomic mass is 10.1. The molecule has 2 aromatic rings. The Morgan fingerprint density at radius 2 is 1.88 bits per heavy atom. The van der Waals surface area contributed by atoms with E-state index in [1.54, 1.807) is 31.2 Å². The molecule has 1 amide bonds. The topological polar surface area (TPSA) is 72.5 Å². The molecule has 134 valence electrons. The number of benzene rings is 2. The lowest BCUT2D eigenvalue weighted by molar-refractivity contribution is -0.121. The third-order valence-corrected chi connectivity index (χ3v) is 5.49. The molecule has 0 aliphatic carbocycles. The molecule has 0 aliphatic heterocycles. The van der Waals surface area contributed by atoms with Crippen molar-refractivity contribution in [2.24, 2.45) is 0 Å². The zero-order chi connectivity index (χ0) is 18.4. The summed E-state index contributed by atoms with van der Waals surface area (Å²) >= 11 is 0. The Bertz CT molecular complexity index is 837. The zero-order valence-corrected chi connectivity index (χ0v) is 14.8. The van der Waals surface area contributed by atoms with E-state index in [2.05, 4.69) is 5.32 Å². The Labute approximate surface area is 146 Å². The Morgan fingerprint density at radius 3 is 2.48 bits per heavy atom. The molecule has 2 aromatic carbocycles. The van der Waals surface area contributed by atoms with E-state index in [1.165, 1.54) is 31.4 Å². The molecule has 0 spiro atoms. The predicted octanol–water partition coefficient (Wildman–Crippen LogP) is 2.88. The highest BCUT2D eigenvalue weighted by molar-refractivity contribution is 7.91. The molecule has 25 heavy (non-hydrogen) atoms. The van der Waals surface area contributed by atoms with Gasteiger partial charge in [0.1, 0.15) is 0 Å². The van der Waals surface area contributed by atoms with Gasteiger partial charge in [-0.05, 0) is 36.8 Å². The molecule has 1 atom stereocenters. The van der Waals surface area contributed by atoms with Crippen LogP contribution in [0, 0.1) is 5.82 Å². The third-order valence-electron chi connectivity index (χ3n) is 3.75. The fourth-order valence-electron chi connectivity index (χ4n) is 2.32. The standard InChI is InChI=1S/C18H20FNO4S/c1-13(14-8-9-17(24-2)16(19)12-14)20-18(21)10-11-25(22,23)15-6-4-3-5-7-15/h3-9,12-13H,10-11H2,1-2H3,(H,20,21)/t13-/m0/s1. The number of ether oxygens (including phenoxy) is 1. The Kier molecular flexibility index (Phi) is 6.14. The van der Waals surface area contributed by atoms with Crippen LogP contribution in [0.25, 0.3) is 0 Å². The van der Waals surface area contributed by atoms with Crippen LogP contribution in [-0.2, 0) is 14.6 Å². The van der Waals surface area contributed by atoms with Crippen LogP contribution in [0.2, 0.25) is 0 Å². The number of amides is 1. The Balaban J connectivity index is 1.95. The summed E-state index contributed by atoms with van der Waals surface area (Å²) in [6.45, 7) is 1.70. The lowest BCUT2D eigenvalue weighted by Crippen LogP contribution is -2.28. The van der Waals surface area contributed by atoms with Crippen LogP contribution in [0.3, 0.4) is 0 Å². The van der Waals surface area contributed by atoms with Crippen LogP contribution in [0.5, 0.6) is 5.75 Å². The van der Waals surface area contributed by atoms with Crippen molar-refractivity contribution >= 4 is 15.7 Å². The van der Waals surface area contributed by atoms with Crippen molar-refractivity contribution in [2.75, 3.05) is 12.9 Å². The van der Waals surface area contributed by atoms with E-state index in [1.807, 2.05) is 0 Å². The summed E-state index contributed by atoms with van der Waals surface area (Å²) in [7, 11) is -2.14. The van der Waals surface area contributed by atoms with Crippen LogP contribution >= 0.6 is 0 Å². The third kappa shape index (κ3) is 5.03. The number of rotatable bonds is 7. The van der Waals surface area contributed by atoms with Gasteiger partial charge in [0.25, 0.3) is 0 Å². The number of carbonyl (C=O) groups excluding carboxylic acids is 1. The van der Waals surface area contributed by atoms with Gasteiger partial charge in [0.2, 0.25) is 5.91 Å². The average molecular weight is 365 g/mol. The van der Waals surface area contributed by atoms with E-state index in [-0.39, 0.29) is 22.8 Å². The van der Waals surface area contributed by atoms with Crippen molar-refractivity contribution in [1.29, 1.82) is 0 Å². The number of carbonyl (C=O) groups is 1. The predicted molar refractivity (Wildman–Crippen MR) is 92.6 cm³/mol. The van der Waals surface area contributed by atoms with E-state index in [0.717, 1.165) is 0 Å². The van der Waals surface area contributed by atoms with Gasteiger partial charge in [-0.2, -0.15) is 0 Å². The first-order valence-electron chi connectivity index (χ1n) is 7.74. The maximum atomic E-state index is 13.7. The quantitative estimate of drug-likeness (QED) is 0.819. The van der Waals surface area contributed by atoms with E-state index < -0.39 is 27.6 Å². The van der Waals surface area contributed by atoms with Crippen LogP contribution in [0.4, 0.5) is 4.39 Å². The molecule has 0 radical (unpaired) electrons. The minimum atomic E-state index is -3.51. The van der Waals surface area contributed by atoms with Crippen LogP contribution < -0.4 is 10.1 Å². The highest BCUT2D eigenvalue weighted by Gasteiger charge is 2.18. The maximum Gasteiger partial charge on any atom is 0.221 e. The van der Waals surface area contributed by atoms with Gasteiger partial charge < -0.3 is 10.1 Å². The summed E-state index contributed by atoms with van der Waals surface area (Å²) < 4.78 is 42.9. The fourth-order valence-corrected chi connectivity index (χ4v) is 3.58. The van der Waals surface area contributed by atoms with Gasteiger partial charge in [-0.1, -0.05) is 24.3 Å². The molecule has 0 aliphatic rings. The molecule has 0 unspecified atom stereocenters. The first-order chi connectivity index (χ1) is 11.8. The van der Waals surface area contributed by atoms with E-state index in [0.29, 0.717) is 5.56 Å². The van der Waals surface area contributed by atoms with Gasteiger partial charge >= 0.3 is 0 Å². The summed E-state index contributed by atoms with van der Waals surface area (Å²) in [4.78, 5) is 12.2. The van der Waals surface area contributed by atoms with E-state index in [4.69, 9.17) is 4.74 Å². The first-order valence-corrected chi connectivity index (χ1v) is 9.39. The molecule has 0 heterocycles. The molecule has 1 N–H and O–H groups in total. The minimum Gasteiger partial charge on any atom is -0.494 e. The molecule has 0 bridgehead atoms. The maximum absolute atomic E-state index is 13.7. The molecule has 0 aromatic heterocycles. The number of sulfone groups is 1. The fraction of sp³-hybridized carbons (Fsp3) is 0.278. The van der Waals surface area contributed by atoms with Gasteiger partial charge in [0.05, 0.1) is 23.8 Å². The van der Waals surface area contributed by atoms with Crippen LogP contribution in [0.1, 0.15) is 24.9 Å². The second-order valence-corrected chi connectivity index (χ2v) is 7.67. The molecule has 7 heteroatoms. The van der Waals surface area contributed by atoms with Gasteiger partial charge in [-0.15, -0.1) is 0 Å². The van der Waals surface area contributed by atoms with E-state index in [9.17, 15) is 17.6 Å². The normalized spacial score (nSPS) is 12.4. The van der Waals surface area contributed by atoms with Gasteiger partial charge in [-0.3, -0.25) is 4.79 Å². The molecule has 2 rings (SSSR count). The summed E-state index contributed by atoms with van der Waals surface area (Å²) in [6, 6.07) is 11.9. The number of halogens is 1. The molecule has 5 nitrogen and oxygen atoms in total. The van der Waals surface area contributed by atoms with Crippen molar-refractivity contribution in [3.63, 3.8) is 0 Å². The minimum absolute atomic E-state index is 0.122. The number of methoxy groups -OCH3 is 1. The summed E-state index contributed by atoms with van der Waals surface area (Å²) in [5.41, 5.74) is 0.567. The van der Waals surface area contributed by atoms with Crippen molar-refractivity contribution in [2.45, 2.75) is 24.3 Å². The summed E-state index contributed by atoms with van der Waals surface area (Å²) in [6.07, 6.45) is -0.166. The largest absolute Gasteiger partial charge is 0.494 e. The number of nitrogens with one attached hydrogen (secondary N) is 1. The molecule has 0 saturated carbocycles. The summed E-state index contributed by atoms with van der Waals surface area (Å²) in [5.74, 6) is -1.10. The van der Waals surface area contributed by atoms with Gasteiger partial charge in [0.15, 0.2) is 21.4 Å². The number of hydrogen-bond donors (Lipinski definition) is 1. The van der Waals surface area contributed by atoms with Gasteiger partial charge in [-0.25, -0.2) is 12.8 Å². The molecular formula is C18H20FNO4S. The summed E-state index contributed by atoms with van der Waals surface area (Å²) in [5, 5.41) is 2.67. The zero-order valence-electron chi connectivity index (χ0n) is 14.0. The number of hydrogen-bond acceptors (Lipinski definition) is 4. The van der Waals surface area contributed by atoms with E-state index >= 15 is 0 Å². The lowest BCUT2D eigenvalue weighted by Gasteiger charge is -2.15. The molecule has 0 fully saturated rings. The van der Waals surface area contributed by atoms with Crippen molar-refractivity contribution in [1.82, 2.24) is 5.32 Å². The first kappa shape index (κ1) is 18.9. The van der Waals surface area contributed by atoms with Gasteiger partial charge in [0, 0.05) is 6.42 Å². The second kappa shape index (κ2) is 8.11. The molecular weight excluding hydrogens is 345 g/mol. The van der Waals surface area contributed by atoms with Crippen molar-refractivity contribution < 1.29 is 22.3 Å². The monoisotopic (exact) mass is 365 g/mol. The Hall–Kier alpha value is -2.41. The van der Waals surface area contributed by atoms with Crippen LogP contribution in [-0.4, -0.2) is 27.2 Å². The second-order valence-electron chi connectivity index (χ2n) is 5.57. The highest BCUT2D eigenvalue weighted by Crippen LogP contribution is 2.21. The average Bonchev–Trinajstić information content (AvgIpc) is 2.60. The van der Waals surface area contributed by atoms with Crippen molar-refractivity contribution in [3.8, 4) is 5.75 Å². The Morgan fingerprint density at radius 1 is 1.20 bits per heavy atom. The molecule has 0 saturated heterocycles. The van der Waals surface area contributed by atoms with Crippen LogP contribution in [0.15, 0.2) is 53.4 Å². The smallest absolute Gasteiger partial charge is 0.221 e. The van der Waals surface area contributed by atoms with Crippen molar-refractivity contribution in [3.05, 3.63) is 59.9 Å². The highest BCUT2D eigenvalue weighted by atomic mass is 32.2. The SMILES string of the molecule is COc1ccc([C@H](C)NC(=O)CCS(=O)(=O)c2ccccc2)cc1F.